The third kappa shape index (κ3) is 7.77. The highest BCUT2D eigenvalue weighted by Gasteiger charge is 2.21. The van der Waals surface area contributed by atoms with E-state index in [2.05, 4.69) is 50.8 Å². The van der Waals surface area contributed by atoms with Crippen LogP contribution in [0.5, 0.6) is 0 Å². The van der Waals surface area contributed by atoms with Crippen molar-refractivity contribution in [1.29, 1.82) is 0 Å². The van der Waals surface area contributed by atoms with E-state index in [1.54, 1.807) is 0 Å². The van der Waals surface area contributed by atoms with Gasteiger partial charge < -0.3 is 20.1 Å². The van der Waals surface area contributed by atoms with Crippen LogP contribution in [0, 0.1) is 0 Å². The second-order valence-corrected chi connectivity index (χ2v) is 11.5. The molecule has 6 rings (SSSR count). The molecule has 8 heteroatoms. The summed E-state index contributed by atoms with van der Waals surface area (Å²) in [4.78, 5) is 32.0. The fourth-order valence-electron chi connectivity index (χ4n) is 5.94. The second-order valence-electron chi connectivity index (χ2n) is 11.5. The fourth-order valence-corrected chi connectivity index (χ4v) is 5.94. The lowest BCUT2D eigenvalue weighted by molar-refractivity contribution is -0.146. The maximum atomic E-state index is 13.1. The molecule has 2 unspecified atom stereocenters. The molecular formula is C35H38N4O4. The third-order valence-electron chi connectivity index (χ3n) is 8.16. The van der Waals surface area contributed by atoms with Crippen LogP contribution in [-0.4, -0.2) is 60.2 Å². The Labute approximate surface area is 252 Å². The normalized spacial score (nSPS) is 18.8. The maximum absolute atomic E-state index is 13.1. The standard InChI is InChI=1S/C35H38N4O4/c40-34(43-24-31-9-4-18-42-31)20-25-11-13-29(14-12-25)38-35(41)27-6-1-5-26(19-27)22-39-17-3-8-30(23-39)37-33-10-2-7-28-21-36-16-15-32(28)33/h1-2,5-7,10-16,19,21,30-31,37H,3-4,8-9,17-18,20,22-24H2,(H,38,41). The zero-order valence-corrected chi connectivity index (χ0v) is 24.3. The van der Waals surface area contributed by atoms with Crippen molar-refractivity contribution in [2.45, 2.75) is 50.8 Å². The molecule has 2 fully saturated rings. The van der Waals surface area contributed by atoms with Crippen LogP contribution in [0.25, 0.3) is 10.8 Å². The summed E-state index contributed by atoms with van der Waals surface area (Å²) >= 11 is 0. The Kier molecular flexibility index (Phi) is 9.25. The van der Waals surface area contributed by atoms with Gasteiger partial charge in [0.05, 0.1) is 12.5 Å². The summed E-state index contributed by atoms with van der Waals surface area (Å²) in [5, 5.41) is 9.07. The van der Waals surface area contributed by atoms with Crippen LogP contribution >= 0.6 is 0 Å². The molecule has 222 valence electrons. The summed E-state index contributed by atoms with van der Waals surface area (Å²) < 4.78 is 10.9. The number of carbonyl (C=O) groups excluding carboxylic acids is 2. The van der Waals surface area contributed by atoms with Gasteiger partial charge in [-0.25, -0.2) is 0 Å². The monoisotopic (exact) mass is 578 g/mol. The molecule has 0 spiro atoms. The molecule has 3 heterocycles. The van der Waals surface area contributed by atoms with Gasteiger partial charge in [0.15, 0.2) is 0 Å². The number of aromatic nitrogens is 1. The first-order valence-corrected chi connectivity index (χ1v) is 15.2. The molecule has 4 aromatic rings. The number of nitrogens with zero attached hydrogens (tertiary/aromatic N) is 2. The van der Waals surface area contributed by atoms with Gasteiger partial charge in [0.2, 0.25) is 0 Å². The van der Waals surface area contributed by atoms with Crippen molar-refractivity contribution in [3.63, 3.8) is 0 Å². The number of nitrogens with one attached hydrogen (secondary N) is 2. The number of likely N-dealkylation sites (tertiary alicyclic amines) is 1. The smallest absolute Gasteiger partial charge is 0.310 e. The van der Waals surface area contributed by atoms with Gasteiger partial charge in [0.1, 0.15) is 6.61 Å². The summed E-state index contributed by atoms with van der Waals surface area (Å²) in [7, 11) is 0. The highest BCUT2D eigenvalue weighted by Crippen LogP contribution is 2.25. The highest BCUT2D eigenvalue weighted by atomic mass is 16.6. The lowest BCUT2D eigenvalue weighted by Gasteiger charge is -2.34. The molecule has 2 aliphatic heterocycles. The number of pyridine rings is 1. The molecule has 3 aromatic carbocycles. The quantitative estimate of drug-likeness (QED) is 0.229. The molecule has 0 radical (unpaired) electrons. The molecule has 1 aromatic heterocycles. The van der Waals surface area contributed by atoms with Crippen LogP contribution in [0.1, 0.15) is 47.2 Å². The number of fused-ring (bicyclic) bond motifs is 1. The van der Waals surface area contributed by atoms with Gasteiger partial charge in [-0.05, 0) is 79.8 Å². The average Bonchev–Trinajstić information content (AvgIpc) is 3.56. The maximum Gasteiger partial charge on any atom is 0.310 e. The van der Waals surface area contributed by atoms with Gasteiger partial charge in [-0.2, -0.15) is 0 Å². The lowest BCUT2D eigenvalue weighted by Crippen LogP contribution is -2.41. The molecule has 1 amide bonds. The molecule has 0 saturated carbocycles. The van der Waals surface area contributed by atoms with E-state index in [1.165, 1.54) is 5.39 Å². The summed E-state index contributed by atoms with van der Waals surface area (Å²) in [6, 6.07) is 23.9. The minimum atomic E-state index is -0.272. The Morgan fingerprint density at radius 3 is 2.72 bits per heavy atom. The van der Waals surface area contributed by atoms with Gasteiger partial charge in [0.25, 0.3) is 5.91 Å². The molecule has 2 aliphatic rings. The molecule has 2 N–H and O–H groups in total. The van der Waals surface area contributed by atoms with Crippen molar-refractivity contribution in [3.8, 4) is 0 Å². The number of amides is 1. The van der Waals surface area contributed by atoms with Crippen molar-refractivity contribution in [1.82, 2.24) is 9.88 Å². The number of piperidine rings is 1. The van der Waals surface area contributed by atoms with E-state index >= 15 is 0 Å². The van der Waals surface area contributed by atoms with Crippen molar-refractivity contribution >= 4 is 34.0 Å². The van der Waals surface area contributed by atoms with Gasteiger partial charge in [0, 0.05) is 65.8 Å². The number of rotatable bonds is 10. The minimum absolute atomic E-state index is 0.0210. The van der Waals surface area contributed by atoms with Gasteiger partial charge in [-0.1, -0.05) is 36.4 Å². The number of esters is 1. The number of hydrogen-bond acceptors (Lipinski definition) is 7. The predicted octanol–water partition coefficient (Wildman–Crippen LogP) is 5.83. The summed E-state index contributed by atoms with van der Waals surface area (Å²) in [5.74, 6) is -0.430. The van der Waals surface area contributed by atoms with E-state index in [0.29, 0.717) is 23.9 Å². The van der Waals surface area contributed by atoms with Crippen LogP contribution < -0.4 is 10.6 Å². The molecule has 43 heavy (non-hydrogen) atoms. The molecular weight excluding hydrogens is 540 g/mol. The average molecular weight is 579 g/mol. The van der Waals surface area contributed by atoms with Crippen molar-refractivity contribution < 1.29 is 19.1 Å². The van der Waals surface area contributed by atoms with Crippen LogP contribution in [-0.2, 0) is 27.2 Å². The number of anilines is 2. The summed E-state index contributed by atoms with van der Waals surface area (Å²) in [6.07, 6.45) is 8.14. The Morgan fingerprint density at radius 2 is 1.86 bits per heavy atom. The highest BCUT2D eigenvalue weighted by molar-refractivity contribution is 6.04. The Balaban J connectivity index is 1.00. The topological polar surface area (TPSA) is 92.8 Å². The van der Waals surface area contributed by atoms with Gasteiger partial charge in [-0.15, -0.1) is 0 Å². The number of benzene rings is 3. The summed E-state index contributed by atoms with van der Waals surface area (Å²) in [6.45, 7) is 3.80. The number of ether oxygens (including phenoxy) is 2. The molecule has 2 atom stereocenters. The first kappa shape index (κ1) is 28.8. The Bertz CT molecular complexity index is 1550. The van der Waals surface area contributed by atoms with E-state index in [1.807, 2.05) is 54.9 Å². The second kappa shape index (κ2) is 13.8. The van der Waals surface area contributed by atoms with Crippen LogP contribution in [0.2, 0.25) is 0 Å². The lowest BCUT2D eigenvalue weighted by atomic mass is 10.0. The van der Waals surface area contributed by atoms with E-state index in [9.17, 15) is 9.59 Å². The van der Waals surface area contributed by atoms with Gasteiger partial charge in [-0.3, -0.25) is 19.5 Å². The molecule has 2 saturated heterocycles. The first-order valence-electron chi connectivity index (χ1n) is 15.2. The van der Waals surface area contributed by atoms with E-state index < -0.39 is 0 Å². The van der Waals surface area contributed by atoms with Crippen LogP contribution in [0.4, 0.5) is 11.4 Å². The van der Waals surface area contributed by atoms with Crippen molar-refractivity contribution in [3.05, 3.63) is 102 Å². The van der Waals surface area contributed by atoms with Crippen molar-refractivity contribution in [2.24, 2.45) is 0 Å². The van der Waals surface area contributed by atoms with Crippen LogP contribution in [0.15, 0.2) is 85.2 Å². The van der Waals surface area contributed by atoms with E-state index in [4.69, 9.17) is 9.47 Å². The van der Waals surface area contributed by atoms with Crippen LogP contribution in [0.3, 0.4) is 0 Å². The third-order valence-corrected chi connectivity index (χ3v) is 8.16. The fraction of sp³-hybridized carbons (Fsp3) is 0.343. The first-order chi connectivity index (χ1) is 21.1. The van der Waals surface area contributed by atoms with Gasteiger partial charge >= 0.3 is 5.97 Å². The predicted molar refractivity (Wildman–Crippen MR) is 168 cm³/mol. The van der Waals surface area contributed by atoms with E-state index in [-0.39, 0.29) is 24.4 Å². The minimum Gasteiger partial charge on any atom is -0.463 e. The SMILES string of the molecule is O=C(Cc1ccc(NC(=O)c2cccc(CN3CCCC(Nc4cccc5cnccc45)C3)c2)cc1)OCC1CCCO1. The number of hydrogen-bond donors (Lipinski definition) is 2. The zero-order chi connectivity index (χ0) is 29.4. The molecule has 8 nitrogen and oxygen atoms in total. The van der Waals surface area contributed by atoms with Crippen molar-refractivity contribution in [2.75, 3.05) is 36.9 Å². The number of carbonyl (C=O) groups is 2. The molecule has 0 aliphatic carbocycles. The summed E-state index contributed by atoms with van der Waals surface area (Å²) in [5.41, 5.74) is 4.40. The largest absolute Gasteiger partial charge is 0.463 e. The van der Waals surface area contributed by atoms with E-state index in [0.717, 1.165) is 74.1 Å². The Hall–Kier alpha value is -4.27. The Morgan fingerprint density at radius 1 is 0.977 bits per heavy atom. The zero-order valence-electron chi connectivity index (χ0n) is 24.3. The molecule has 0 bridgehead atoms.